The minimum absolute atomic E-state index is 0.104. The fraction of sp³-hybridized carbons (Fsp3) is 0.467. The molecular formula is C15H19NO4. The molecule has 0 heterocycles. The summed E-state index contributed by atoms with van der Waals surface area (Å²) in [6.45, 7) is 0.224. The minimum atomic E-state index is -0.783. The molecule has 1 aromatic rings. The third-order valence-corrected chi connectivity index (χ3v) is 3.56. The number of aliphatic carboxylic acids is 1. The van der Waals surface area contributed by atoms with Crippen LogP contribution in [0.3, 0.4) is 0 Å². The van der Waals surface area contributed by atoms with Crippen LogP contribution in [0.5, 0.6) is 0 Å². The maximum atomic E-state index is 11.7. The van der Waals surface area contributed by atoms with Crippen molar-refractivity contribution in [1.82, 2.24) is 5.32 Å². The van der Waals surface area contributed by atoms with E-state index in [4.69, 9.17) is 9.84 Å². The SMILES string of the molecule is O=C(NC1CCCC(C(=O)O)C1)OCc1ccccc1. The molecule has 0 radical (unpaired) electrons. The summed E-state index contributed by atoms with van der Waals surface area (Å²) in [5.41, 5.74) is 0.926. The zero-order valence-corrected chi connectivity index (χ0v) is 11.2. The molecule has 0 bridgehead atoms. The van der Waals surface area contributed by atoms with Crippen LogP contribution >= 0.6 is 0 Å². The van der Waals surface area contributed by atoms with Gasteiger partial charge in [-0.15, -0.1) is 0 Å². The quantitative estimate of drug-likeness (QED) is 0.886. The summed E-state index contributed by atoms with van der Waals surface area (Å²) in [6, 6.07) is 9.33. The fourth-order valence-electron chi connectivity index (χ4n) is 2.48. The molecule has 0 aliphatic heterocycles. The van der Waals surface area contributed by atoms with E-state index in [1.807, 2.05) is 30.3 Å². The zero-order valence-electron chi connectivity index (χ0n) is 11.2. The number of carboxylic acids is 1. The second-order valence-corrected chi connectivity index (χ2v) is 5.10. The van der Waals surface area contributed by atoms with Gasteiger partial charge in [0.1, 0.15) is 6.61 Å². The maximum Gasteiger partial charge on any atom is 0.407 e. The fourth-order valence-corrected chi connectivity index (χ4v) is 2.48. The number of benzene rings is 1. The van der Waals surface area contributed by atoms with Crippen LogP contribution in [0.25, 0.3) is 0 Å². The van der Waals surface area contributed by atoms with Gasteiger partial charge in [0.25, 0.3) is 0 Å². The molecule has 1 amide bonds. The average molecular weight is 277 g/mol. The van der Waals surface area contributed by atoms with Crippen molar-refractivity contribution in [3.63, 3.8) is 0 Å². The van der Waals surface area contributed by atoms with Gasteiger partial charge in [0, 0.05) is 6.04 Å². The first-order valence-electron chi connectivity index (χ1n) is 6.85. The van der Waals surface area contributed by atoms with Gasteiger partial charge in [0.2, 0.25) is 0 Å². The van der Waals surface area contributed by atoms with Crippen LogP contribution in [-0.4, -0.2) is 23.2 Å². The van der Waals surface area contributed by atoms with Crippen molar-refractivity contribution in [2.24, 2.45) is 5.92 Å². The van der Waals surface area contributed by atoms with Crippen LogP contribution in [0.15, 0.2) is 30.3 Å². The largest absolute Gasteiger partial charge is 0.481 e. The molecule has 1 aromatic carbocycles. The summed E-state index contributed by atoms with van der Waals surface area (Å²) in [7, 11) is 0. The van der Waals surface area contributed by atoms with Crippen LogP contribution in [0.1, 0.15) is 31.2 Å². The Hall–Kier alpha value is -2.04. The minimum Gasteiger partial charge on any atom is -0.481 e. The molecule has 2 rings (SSSR count). The van der Waals surface area contributed by atoms with E-state index in [1.165, 1.54) is 0 Å². The summed E-state index contributed by atoms with van der Waals surface area (Å²) in [4.78, 5) is 22.6. The molecule has 1 aliphatic rings. The molecule has 2 unspecified atom stereocenters. The normalized spacial score (nSPS) is 22.0. The van der Waals surface area contributed by atoms with Crippen LogP contribution in [0, 0.1) is 5.92 Å². The van der Waals surface area contributed by atoms with Crippen molar-refractivity contribution < 1.29 is 19.4 Å². The van der Waals surface area contributed by atoms with Gasteiger partial charge in [0.15, 0.2) is 0 Å². The van der Waals surface area contributed by atoms with Gasteiger partial charge in [-0.05, 0) is 24.8 Å². The van der Waals surface area contributed by atoms with Gasteiger partial charge < -0.3 is 15.2 Å². The van der Waals surface area contributed by atoms with E-state index in [1.54, 1.807) is 0 Å². The van der Waals surface area contributed by atoms with Crippen LogP contribution < -0.4 is 5.32 Å². The molecule has 0 spiro atoms. The molecule has 20 heavy (non-hydrogen) atoms. The predicted octanol–water partition coefficient (Wildman–Crippen LogP) is 2.56. The van der Waals surface area contributed by atoms with Crippen molar-refractivity contribution in [3.8, 4) is 0 Å². The number of hydrogen-bond donors (Lipinski definition) is 2. The highest BCUT2D eigenvalue weighted by Gasteiger charge is 2.28. The van der Waals surface area contributed by atoms with Crippen molar-refractivity contribution in [2.75, 3.05) is 0 Å². The number of ether oxygens (including phenoxy) is 1. The number of alkyl carbamates (subject to hydrolysis) is 1. The smallest absolute Gasteiger partial charge is 0.407 e. The first-order chi connectivity index (χ1) is 9.65. The van der Waals surface area contributed by atoms with Gasteiger partial charge in [0.05, 0.1) is 5.92 Å². The van der Waals surface area contributed by atoms with E-state index in [9.17, 15) is 9.59 Å². The highest BCUT2D eigenvalue weighted by Crippen LogP contribution is 2.24. The van der Waals surface area contributed by atoms with Gasteiger partial charge in [-0.1, -0.05) is 36.8 Å². The summed E-state index contributed by atoms with van der Waals surface area (Å²) in [5, 5.41) is 11.7. The number of rotatable bonds is 4. The summed E-state index contributed by atoms with van der Waals surface area (Å²) in [5.74, 6) is -1.14. The van der Waals surface area contributed by atoms with Crippen LogP contribution in [0.2, 0.25) is 0 Å². The molecule has 2 N–H and O–H groups in total. The van der Waals surface area contributed by atoms with Gasteiger partial charge in [-0.25, -0.2) is 4.79 Å². The molecule has 0 saturated heterocycles. The van der Waals surface area contributed by atoms with E-state index < -0.39 is 12.1 Å². The Morgan fingerprint density at radius 2 is 2.00 bits per heavy atom. The van der Waals surface area contributed by atoms with E-state index >= 15 is 0 Å². The van der Waals surface area contributed by atoms with Crippen LogP contribution in [-0.2, 0) is 16.1 Å². The second kappa shape index (κ2) is 6.93. The van der Waals surface area contributed by atoms with Crippen molar-refractivity contribution in [1.29, 1.82) is 0 Å². The van der Waals surface area contributed by atoms with E-state index in [2.05, 4.69) is 5.32 Å². The van der Waals surface area contributed by atoms with Gasteiger partial charge in [-0.3, -0.25) is 4.79 Å². The first-order valence-corrected chi connectivity index (χ1v) is 6.85. The standard InChI is InChI=1S/C15H19NO4/c17-14(18)12-7-4-8-13(9-12)16-15(19)20-10-11-5-2-1-3-6-11/h1-3,5-6,12-13H,4,7-10H2,(H,16,19)(H,17,18). The van der Waals surface area contributed by atoms with Crippen molar-refractivity contribution in [2.45, 2.75) is 38.3 Å². The Balaban J connectivity index is 1.75. The number of carboxylic acid groups (broad SMARTS) is 1. The Labute approximate surface area is 117 Å². The van der Waals surface area contributed by atoms with Gasteiger partial charge in [-0.2, -0.15) is 0 Å². The molecule has 1 saturated carbocycles. The highest BCUT2D eigenvalue weighted by molar-refractivity contribution is 5.71. The van der Waals surface area contributed by atoms with Gasteiger partial charge >= 0.3 is 12.1 Å². The second-order valence-electron chi connectivity index (χ2n) is 5.10. The number of amides is 1. The lowest BCUT2D eigenvalue weighted by molar-refractivity contribution is -0.143. The summed E-state index contributed by atoms with van der Waals surface area (Å²) in [6.07, 6.45) is 2.32. The Bertz CT molecular complexity index is 460. The molecule has 1 aliphatic carbocycles. The van der Waals surface area contributed by atoms with Crippen LogP contribution in [0.4, 0.5) is 4.79 Å². The predicted molar refractivity (Wildman–Crippen MR) is 73.1 cm³/mol. The lowest BCUT2D eigenvalue weighted by Gasteiger charge is -2.26. The topological polar surface area (TPSA) is 75.6 Å². The molecule has 2 atom stereocenters. The molecule has 108 valence electrons. The molecule has 5 heteroatoms. The number of carbonyl (C=O) groups excluding carboxylic acids is 1. The Morgan fingerprint density at radius 1 is 1.25 bits per heavy atom. The van der Waals surface area contributed by atoms with Crippen molar-refractivity contribution >= 4 is 12.1 Å². The van der Waals surface area contributed by atoms with Crippen molar-refractivity contribution in [3.05, 3.63) is 35.9 Å². The Kier molecular flexibility index (Phi) is 4.98. The lowest BCUT2D eigenvalue weighted by Crippen LogP contribution is -2.40. The monoisotopic (exact) mass is 277 g/mol. The summed E-state index contributed by atoms with van der Waals surface area (Å²) >= 11 is 0. The molecule has 0 aromatic heterocycles. The number of nitrogens with one attached hydrogen (secondary N) is 1. The Morgan fingerprint density at radius 3 is 2.70 bits per heavy atom. The number of carbonyl (C=O) groups is 2. The third kappa shape index (κ3) is 4.26. The molecule has 1 fully saturated rings. The van der Waals surface area contributed by atoms with E-state index in [0.29, 0.717) is 12.8 Å². The summed E-state index contributed by atoms with van der Waals surface area (Å²) < 4.78 is 5.13. The highest BCUT2D eigenvalue weighted by atomic mass is 16.5. The van der Waals surface area contributed by atoms with E-state index in [-0.39, 0.29) is 18.6 Å². The molecule has 5 nitrogen and oxygen atoms in total. The number of hydrogen-bond acceptors (Lipinski definition) is 3. The first kappa shape index (κ1) is 14.4. The van der Waals surface area contributed by atoms with E-state index in [0.717, 1.165) is 18.4 Å². The average Bonchev–Trinajstić information content (AvgIpc) is 2.46. The maximum absolute atomic E-state index is 11.7. The lowest BCUT2D eigenvalue weighted by atomic mass is 9.86. The third-order valence-electron chi connectivity index (χ3n) is 3.56. The zero-order chi connectivity index (χ0) is 14.4. The molecular weight excluding hydrogens is 258 g/mol.